The van der Waals surface area contributed by atoms with E-state index < -0.39 is 5.97 Å². The predicted molar refractivity (Wildman–Crippen MR) is 60.8 cm³/mol. The van der Waals surface area contributed by atoms with E-state index in [0.29, 0.717) is 5.76 Å². The molecule has 0 aromatic carbocycles. The van der Waals surface area contributed by atoms with Crippen LogP contribution in [0.1, 0.15) is 35.1 Å². The quantitative estimate of drug-likeness (QED) is 0.764. The van der Waals surface area contributed by atoms with Crippen molar-refractivity contribution in [2.45, 2.75) is 19.9 Å². The number of aryl methyl sites for hydroxylation is 1. The minimum Gasteiger partial charge on any atom is -0.463 e. The number of rotatable bonds is 3. The van der Waals surface area contributed by atoms with Gasteiger partial charge < -0.3 is 13.7 Å². The topological polar surface area (TPSA) is 57.3 Å². The number of ether oxygens (including phenoxy) is 1. The Kier molecular flexibility index (Phi) is 2.99. The Morgan fingerprint density at radius 3 is 2.88 bits per heavy atom. The van der Waals surface area contributed by atoms with Crippen LogP contribution in [0.2, 0.25) is 0 Å². The van der Waals surface area contributed by atoms with Crippen LogP contribution in [0.15, 0.2) is 28.9 Å². The van der Waals surface area contributed by atoms with Crippen molar-refractivity contribution >= 4 is 5.97 Å². The molecule has 2 rings (SSSR count). The highest BCUT2D eigenvalue weighted by Gasteiger charge is 2.17. The molecule has 0 aliphatic rings. The average molecular weight is 234 g/mol. The van der Waals surface area contributed by atoms with Gasteiger partial charge >= 0.3 is 5.97 Å². The number of carbonyl (C=O) groups is 1. The third-order valence-electron chi connectivity index (χ3n) is 2.70. The first kappa shape index (κ1) is 11.4. The molecule has 0 saturated heterocycles. The third-order valence-corrected chi connectivity index (χ3v) is 2.70. The second-order valence-corrected chi connectivity index (χ2v) is 3.75. The summed E-state index contributed by atoms with van der Waals surface area (Å²) in [5.74, 6) is 1.35. The van der Waals surface area contributed by atoms with Crippen LogP contribution in [-0.4, -0.2) is 22.6 Å². The molecule has 2 heterocycles. The zero-order chi connectivity index (χ0) is 12.4. The maximum absolute atomic E-state index is 11.3. The summed E-state index contributed by atoms with van der Waals surface area (Å²) in [6, 6.07) is 3.39. The van der Waals surface area contributed by atoms with Gasteiger partial charge in [0.15, 0.2) is 0 Å². The first-order valence-electron chi connectivity index (χ1n) is 5.31. The number of methoxy groups -OCH3 is 1. The second kappa shape index (κ2) is 4.45. The van der Waals surface area contributed by atoms with Gasteiger partial charge in [0.1, 0.15) is 11.6 Å². The summed E-state index contributed by atoms with van der Waals surface area (Å²) in [6.45, 7) is 3.90. The number of nitrogens with zero attached hydrogens (tertiary/aromatic N) is 2. The van der Waals surface area contributed by atoms with Gasteiger partial charge in [-0.2, -0.15) is 0 Å². The van der Waals surface area contributed by atoms with Crippen LogP contribution >= 0.6 is 0 Å². The van der Waals surface area contributed by atoms with E-state index in [1.54, 1.807) is 18.3 Å². The van der Waals surface area contributed by atoms with Gasteiger partial charge in [0.25, 0.3) is 0 Å². The highest BCUT2D eigenvalue weighted by atomic mass is 16.5. The summed E-state index contributed by atoms with van der Waals surface area (Å²) in [7, 11) is 1.33. The van der Waals surface area contributed by atoms with Crippen molar-refractivity contribution in [3.8, 4) is 0 Å². The van der Waals surface area contributed by atoms with Gasteiger partial charge in [0.05, 0.1) is 13.2 Å². The summed E-state index contributed by atoms with van der Waals surface area (Å²) < 4.78 is 12.0. The summed E-state index contributed by atoms with van der Waals surface area (Å²) in [4.78, 5) is 15.4. The molecule has 0 N–H and O–H groups in total. The van der Waals surface area contributed by atoms with Crippen LogP contribution < -0.4 is 0 Å². The zero-order valence-electron chi connectivity index (χ0n) is 10.0. The lowest BCUT2D eigenvalue weighted by molar-refractivity contribution is 0.0562. The van der Waals surface area contributed by atoms with Gasteiger partial charge in [-0.15, -0.1) is 0 Å². The molecule has 2 aromatic heterocycles. The molecule has 0 bridgehead atoms. The first-order chi connectivity index (χ1) is 8.13. The molecule has 0 fully saturated rings. The van der Waals surface area contributed by atoms with E-state index in [1.807, 2.05) is 24.6 Å². The smallest absolute Gasteiger partial charge is 0.373 e. The molecule has 5 heteroatoms. The molecule has 0 spiro atoms. The van der Waals surface area contributed by atoms with Crippen molar-refractivity contribution in [3.63, 3.8) is 0 Å². The van der Waals surface area contributed by atoms with Crippen LogP contribution in [0.4, 0.5) is 0 Å². The molecule has 17 heavy (non-hydrogen) atoms. The van der Waals surface area contributed by atoms with Gasteiger partial charge in [0, 0.05) is 12.4 Å². The van der Waals surface area contributed by atoms with Gasteiger partial charge in [-0.25, -0.2) is 9.78 Å². The second-order valence-electron chi connectivity index (χ2n) is 3.75. The molecule has 0 amide bonds. The molecular formula is C12H14N2O3. The van der Waals surface area contributed by atoms with Gasteiger partial charge in [0.2, 0.25) is 5.76 Å². The zero-order valence-corrected chi connectivity index (χ0v) is 10.0. The average Bonchev–Trinajstić information content (AvgIpc) is 2.95. The van der Waals surface area contributed by atoms with E-state index in [4.69, 9.17) is 4.42 Å². The maximum atomic E-state index is 11.3. The number of imidazole rings is 1. The molecule has 0 saturated carbocycles. The van der Waals surface area contributed by atoms with Crippen LogP contribution in [0.5, 0.6) is 0 Å². The number of esters is 1. The minimum absolute atomic E-state index is 0.00379. The monoisotopic (exact) mass is 234 g/mol. The van der Waals surface area contributed by atoms with Crippen LogP contribution in [-0.2, 0) is 4.74 Å². The molecule has 1 unspecified atom stereocenters. The molecule has 1 atom stereocenters. The highest BCUT2D eigenvalue weighted by molar-refractivity contribution is 5.86. The van der Waals surface area contributed by atoms with Gasteiger partial charge in [-0.3, -0.25) is 0 Å². The van der Waals surface area contributed by atoms with E-state index in [1.165, 1.54) is 7.11 Å². The fourth-order valence-electron chi connectivity index (χ4n) is 1.72. The first-order valence-corrected chi connectivity index (χ1v) is 5.31. The molecule has 0 radical (unpaired) electrons. The van der Waals surface area contributed by atoms with Crippen LogP contribution in [0.25, 0.3) is 0 Å². The Bertz CT molecular complexity index is 527. The van der Waals surface area contributed by atoms with Crippen molar-refractivity contribution in [3.05, 3.63) is 41.9 Å². The van der Waals surface area contributed by atoms with Crippen molar-refractivity contribution in [1.82, 2.24) is 9.55 Å². The summed E-state index contributed by atoms with van der Waals surface area (Å²) in [6.07, 6.45) is 3.61. The standard InChI is InChI=1S/C12H14N2O3/c1-8(14-7-6-13-9(14)2)10-4-5-11(17-10)12(15)16-3/h4-8H,1-3H3. The molecule has 0 aliphatic heterocycles. The Labute approximate surface area is 99.0 Å². The summed E-state index contributed by atoms with van der Waals surface area (Å²) in [5.41, 5.74) is 0. The summed E-state index contributed by atoms with van der Waals surface area (Å²) in [5, 5.41) is 0. The highest BCUT2D eigenvalue weighted by Crippen LogP contribution is 2.21. The van der Waals surface area contributed by atoms with E-state index in [-0.39, 0.29) is 11.8 Å². The van der Waals surface area contributed by atoms with E-state index in [9.17, 15) is 4.79 Å². The van der Waals surface area contributed by atoms with Crippen molar-refractivity contribution in [2.75, 3.05) is 7.11 Å². The van der Waals surface area contributed by atoms with Crippen LogP contribution in [0.3, 0.4) is 0 Å². The number of furan rings is 1. The van der Waals surface area contributed by atoms with E-state index in [0.717, 1.165) is 5.82 Å². The van der Waals surface area contributed by atoms with Crippen molar-refractivity contribution in [2.24, 2.45) is 0 Å². The molecule has 90 valence electrons. The van der Waals surface area contributed by atoms with Crippen LogP contribution in [0, 0.1) is 6.92 Å². The lowest BCUT2D eigenvalue weighted by atomic mass is 10.2. The Hall–Kier alpha value is -2.04. The Morgan fingerprint density at radius 1 is 1.53 bits per heavy atom. The number of hydrogen-bond donors (Lipinski definition) is 0. The van der Waals surface area contributed by atoms with Crippen molar-refractivity contribution in [1.29, 1.82) is 0 Å². The Morgan fingerprint density at radius 2 is 2.29 bits per heavy atom. The van der Waals surface area contributed by atoms with Gasteiger partial charge in [-0.1, -0.05) is 0 Å². The van der Waals surface area contributed by atoms with E-state index in [2.05, 4.69) is 9.72 Å². The largest absolute Gasteiger partial charge is 0.463 e. The molecule has 0 aliphatic carbocycles. The molecule has 5 nitrogen and oxygen atoms in total. The predicted octanol–water partition coefficient (Wildman–Crippen LogP) is 2.18. The molecule has 2 aromatic rings. The SMILES string of the molecule is COC(=O)c1ccc(C(C)n2ccnc2C)o1. The normalized spacial score (nSPS) is 12.4. The third kappa shape index (κ3) is 2.08. The van der Waals surface area contributed by atoms with E-state index >= 15 is 0 Å². The number of aromatic nitrogens is 2. The maximum Gasteiger partial charge on any atom is 0.373 e. The fourth-order valence-corrected chi connectivity index (χ4v) is 1.72. The van der Waals surface area contributed by atoms with Gasteiger partial charge in [-0.05, 0) is 26.0 Å². The lowest BCUT2D eigenvalue weighted by Gasteiger charge is -2.12. The summed E-state index contributed by atoms with van der Waals surface area (Å²) >= 11 is 0. The minimum atomic E-state index is -0.467. The molecular weight excluding hydrogens is 220 g/mol. The van der Waals surface area contributed by atoms with Crippen molar-refractivity contribution < 1.29 is 13.9 Å². The number of hydrogen-bond acceptors (Lipinski definition) is 4. The number of carbonyl (C=O) groups excluding carboxylic acids is 1. The fraction of sp³-hybridized carbons (Fsp3) is 0.333. The lowest BCUT2D eigenvalue weighted by Crippen LogP contribution is -2.06. The Balaban J connectivity index is 2.26.